The van der Waals surface area contributed by atoms with E-state index in [1.165, 1.54) is 31.4 Å². The summed E-state index contributed by atoms with van der Waals surface area (Å²) < 4.78 is 48.2. The van der Waals surface area contributed by atoms with E-state index < -0.39 is 48.3 Å². The van der Waals surface area contributed by atoms with Gasteiger partial charge in [-0.15, -0.1) is 0 Å². The van der Waals surface area contributed by atoms with Gasteiger partial charge in [0.15, 0.2) is 23.7 Å². The van der Waals surface area contributed by atoms with Gasteiger partial charge in [-0.3, -0.25) is 0 Å². The first kappa shape index (κ1) is 35.4. The molecular formula is C34H34O14. The van der Waals surface area contributed by atoms with Gasteiger partial charge in [0.1, 0.15) is 18.0 Å². The van der Waals surface area contributed by atoms with E-state index >= 15 is 0 Å². The summed E-state index contributed by atoms with van der Waals surface area (Å²) in [6.45, 7) is 5.67. The molecule has 4 rings (SSSR count). The zero-order valence-electron chi connectivity index (χ0n) is 25.9. The molecule has 2 aromatic carbocycles. The molecule has 2 aromatic rings. The summed E-state index contributed by atoms with van der Waals surface area (Å²) in [6.07, 6.45) is 4.82. The monoisotopic (exact) mass is 666 g/mol. The summed E-state index contributed by atoms with van der Waals surface area (Å²) in [5.74, 6) is -1.58. The number of carbonyl (C=O) groups excluding carboxylic acids is 4. The lowest BCUT2D eigenvalue weighted by molar-refractivity contribution is -0.149. The van der Waals surface area contributed by atoms with Crippen LogP contribution in [-0.2, 0) is 54.2 Å². The van der Waals surface area contributed by atoms with E-state index in [4.69, 9.17) is 42.6 Å². The number of hydrogen-bond donors (Lipinski definition) is 1. The van der Waals surface area contributed by atoms with Gasteiger partial charge < -0.3 is 47.7 Å². The Morgan fingerprint density at radius 1 is 0.750 bits per heavy atom. The van der Waals surface area contributed by atoms with Crippen molar-refractivity contribution in [1.29, 1.82) is 0 Å². The Bertz CT molecular complexity index is 1450. The Morgan fingerprint density at radius 2 is 1.25 bits per heavy atom. The zero-order valence-corrected chi connectivity index (χ0v) is 25.9. The number of aliphatic hydroxyl groups is 1. The van der Waals surface area contributed by atoms with E-state index in [1.807, 2.05) is 0 Å². The normalized spacial score (nSPS) is 19.7. The maximum Gasteiger partial charge on any atom is 0.333 e. The van der Waals surface area contributed by atoms with E-state index in [0.29, 0.717) is 33.9 Å². The number of ether oxygens (including phenoxy) is 9. The molecule has 1 N–H and O–H groups in total. The number of hydrogen-bond acceptors (Lipinski definition) is 14. The molecule has 14 heteroatoms. The highest BCUT2D eigenvalue weighted by Gasteiger charge is 2.51. The number of benzene rings is 2. The van der Waals surface area contributed by atoms with Crippen molar-refractivity contribution in [2.45, 2.75) is 31.0 Å². The number of carbonyl (C=O) groups is 4. The van der Waals surface area contributed by atoms with Gasteiger partial charge in [0, 0.05) is 29.9 Å². The molecule has 0 amide bonds. The highest BCUT2D eigenvalue weighted by atomic mass is 16.7. The molecule has 14 nitrogen and oxygen atoms in total. The van der Waals surface area contributed by atoms with Crippen molar-refractivity contribution in [2.75, 3.05) is 33.9 Å². The van der Waals surface area contributed by atoms with E-state index in [1.54, 1.807) is 36.4 Å². The molecule has 0 spiro atoms. The lowest BCUT2D eigenvalue weighted by atomic mass is 10.1. The molecule has 0 bridgehead atoms. The first-order valence-electron chi connectivity index (χ1n) is 14.5. The minimum absolute atomic E-state index is 0.0525. The van der Waals surface area contributed by atoms with Gasteiger partial charge in [-0.25, -0.2) is 19.2 Å². The highest BCUT2D eigenvalue weighted by molar-refractivity contribution is 5.88. The van der Waals surface area contributed by atoms with Crippen LogP contribution in [0.1, 0.15) is 16.7 Å². The number of aliphatic hydroxyl groups excluding tert-OH is 1. The topological polar surface area (TPSA) is 172 Å². The second kappa shape index (κ2) is 17.5. The van der Waals surface area contributed by atoms with Crippen molar-refractivity contribution in [3.05, 3.63) is 90.6 Å². The van der Waals surface area contributed by atoms with Crippen LogP contribution >= 0.6 is 0 Å². The van der Waals surface area contributed by atoms with Gasteiger partial charge in [0.25, 0.3) is 0 Å². The number of fused-ring (bicyclic) bond motifs is 1. The van der Waals surface area contributed by atoms with Crippen LogP contribution in [0.25, 0.3) is 12.2 Å². The lowest BCUT2D eigenvalue weighted by Crippen LogP contribution is -2.35. The molecular weight excluding hydrogens is 632 g/mol. The molecule has 4 unspecified atom stereocenters. The fourth-order valence-electron chi connectivity index (χ4n) is 4.63. The van der Waals surface area contributed by atoms with Gasteiger partial charge >= 0.3 is 23.9 Å². The minimum atomic E-state index is -0.720. The predicted octanol–water partition coefficient (Wildman–Crippen LogP) is 2.67. The fourth-order valence-corrected chi connectivity index (χ4v) is 4.63. The summed E-state index contributed by atoms with van der Waals surface area (Å²) in [5, 5.41) is 9.68. The Balaban J connectivity index is 1.25. The average molecular weight is 667 g/mol. The summed E-state index contributed by atoms with van der Waals surface area (Å²) in [7, 11) is 1.44. The van der Waals surface area contributed by atoms with Gasteiger partial charge in [0.2, 0.25) is 13.6 Å². The van der Waals surface area contributed by atoms with Crippen molar-refractivity contribution in [1.82, 2.24) is 0 Å². The summed E-state index contributed by atoms with van der Waals surface area (Å²) >= 11 is 0. The Labute approximate surface area is 275 Å². The smallest absolute Gasteiger partial charge is 0.333 e. The van der Waals surface area contributed by atoms with E-state index in [9.17, 15) is 24.3 Å². The maximum absolute atomic E-state index is 12.6. The Morgan fingerprint density at radius 3 is 1.75 bits per heavy atom. The van der Waals surface area contributed by atoms with Crippen LogP contribution in [-0.4, -0.2) is 87.3 Å². The third-order valence-corrected chi connectivity index (χ3v) is 6.93. The molecule has 2 aliphatic rings. The Hall–Kier alpha value is -5.44. The number of esters is 4. The van der Waals surface area contributed by atoms with Crippen LogP contribution in [0.15, 0.2) is 73.9 Å². The molecule has 254 valence electrons. The number of rotatable bonds is 16. The standard InChI is InChI=1S/C34H34O14/c1-4-29(36)45-19-43-24-10-6-21(14-23(24)16-35)8-12-31(38)47-27-17-41-34-28(18-42-33(27)34)48-32(39)13-9-22-7-11-25(26(15-22)40-3)44-20-46-30(37)5-2/h4-15,27-28,33-35H,1-2,16-20H2,3H3/b12-8+,13-9+. The van der Waals surface area contributed by atoms with Gasteiger partial charge in [-0.05, 0) is 47.5 Å². The molecule has 2 saturated heterocycles. The molecule has 2 heterocycles. The minimum Gasteiger partial charge on any atom is -0.493 e. The van der Waals surface area contributed by atoms with Crippen LogP contribution in [0.5, 0.6) is 17.2 Å². The lowest BCUT2D eigenvalue weighted by Gasteiger charge is -2.16. The SMILES string of the molecule is C=CC(=O)OCOc1ccc(/C=C/C(=O)OC2COC3C(OC(=O)/C=C/c4ccc(OCOC(=O)C=C)c(OC)c4)COC23)cc1CO. The summed E-state index contributed by atoms with van der Waals surface area (Å²) in [5.41, 5.74) is 1.61. The van der Waals surface area contributed by atoms with Gasteiger partial charge in [-0.2, -0.15) is 0 Å². The van der Waals surface area contributed by atoms with Crippen molar-refractivity contribution < 1.29 is 66.9 Å². The van der Waals surface area contributed by atoms with Crippen molar-refractivity contribution in [2.24, 2.45) is 0 Å². The number of methoxy groups -OCH3 is 1. The average Bonchev–Trinajstić information content (AvgIpc) is 3.69. The van der Waals surface area contributed by atoms with Crippen LogP contribution in [0.2, 0.25) is 0 Å². The molecule has 2 fully saturated rings. The molecule has 48 heavy (non-hydrogen) atoms. The van der Waals surface area contributed by atoms with Crippen LogP contribution < -0.4 is 14.2 Å². The molecule has 0 aromatic heterocycles. The van der Waals surface area contributed by atoms with Crippen LogP contribution in [0.4, 0.5) is 0 Å². The largest absolute Gasteiger partial charge is 0.493 e. The van der Waals surface area contributed by atoms with Crippen molar-refractivity contribution in [3.63, 3.8) is 0 Å². The highest BCUT2D eigenvalue weighted by Crippen LogP contribution is 2.32. The van der Waals surface area contributed by atoms with Crippen LogP contribution in [0.3, 0.4) is 0 Å². The maximum atomic E-state index is 12.6. The van der Waals surface area contributed by atoms with E-state index in [-0.39, 0.29) is 33.4 Å². The molecule has 0 saturated carbocycles. The fraction of sp³-hybridized carbons (Fsp3) is 0.294. The quantitative estimate of drug-likeness (QED) is 0.120. The zero-order chi connectivity index (χ0) is 34.5. The first-order valence-corrected chi connectivity index (χ1v) is 14.5. The van der Waals surface area contributed by atoms with Crippen LogP contribution in [0, 0.1) is 0 Å². The summed E-state index contributed by atoms with van der Waals surface area (Å²) in [6, 6.07) is 9.69. The summed E-state index contributed by atoms with van der Waals surface area (Å²) in [4.78, 5) is 47.5. The van der Waals surface area contributed by atoms with E-state index in [0.717, 1.165) is 12.2 Å². The second-order valence-electron chi connectivity index (χ2n) is 10.0. The van der Waals surface area contributed by atoms with E-state index in [2.05, 4.69) is 13.2 Å². The van der Waals surface area contributed by atoms with Gasteiger partial charge in [-0.1, -0.05) is 25.3 Å². The molecule has 4 atom stereocenters. The molecule has 2 aliphatic heterocycles. The second-order valence-corrected chi connectivity index (χ2v) is 10.0. The predicted molar refractivity (Wildman–Crippen MR) is 166 cm³/mol. The molecule has 0 aliphatic carbocycles. The Kier molecular flexibility index (Phi) is 12.9. The third kappa shape index (κ3) is 9.78. The first-order chi connectivity index (χ1) is 23.2. The van der Waals surface area contributed by atoms with Crippen molar-refractivity contribution in [3.8, 4) is 17.2 Å². The van der Waals surface area contributed by atoms with Gasteiger partial charge in [0.05, 0.1) is 26.9 Å². The third-order valence-electron chi connectivity index (χ3n) is 6.93. The van der Waals surface area contributed by atoms with Crippen molar-refractivity contribution >= 4 is 36.0 Å². The molecule has 0 radical (unpaired) electrons.